The summed E-state index contributed by atoms with van der Waals surface area (Å²) in [5.74, 6) is -1.45. The quantitative estimate of drug-likeness (QED) is 0.557. The number of piperazine rings is 1. The number of hydrogen-bond donors (Lipinski definition) is 2. The lowest BCUT2D eigenvalue weighted by Crippen LogP contribution is -2.67. The van der Waals surface area contributed by atoms with Crippen molar-refractivity contribution in [3.05, 3.63) is 70.8 Å². The van der Waals surface area contributed by atoms with E-state index in [9.17, 15) is 27.6 Å². The predicted octanol–water partition coefficient (Wildman–Crippen LogP) is 4.43. The van der Waals surface area contributed by atoms with Crippen molar-refractivity contribution < 1.29 is 27.6 Å². The van der Waals surface area contributed by atoms with E-state index in [4.69, 9.17) is 0 Å². The van der Waals surface area contributed by atoms with Crippen LogP contribution < -0.4 is 10.6 Å². The zero-order chi connectivity index (χ0) is 27.8. The van der Waals surface area contributed by atoms with Crippen LogP contribution in [0.25, 0.3) is 0 Å². The van der Waals surface area contributed by atoms with E-state index < -0.39 is 41.7 Å². The van der Waals surface area contributed by atoms with E-state index in [2.05, 4.69) is 10.6 Å². The van der Waals surface area contributed by atoms with Crippen molar-refractivity contribution in [2.45, 2.75) is 77.3 Å². The van der Waals surface area contributed by atoms with Crippen LogP contribution in [0.15, 0.2) is 48.5 Å². The van der Waals surface area contributed by atoms with Crippen molar-refractivity contribution >= 4 is 17.7 Å². The smallest absolute Gasteiger partial charge is 0.352 e. The van der Waals surface area contributed by atoms with Gasteiger partial charge in [0.15, 0.2) is 0 Å². The lowest BCUT2D eigenvalue weighted by atomic mass is 9.87. The summed E-state index contributed by atoms with van der Waals surface area (Å²) in [6.07, 6.45) is -3.02. The first-order chi connectivity index (χ1) is 17.9. The summed E-state index contributed by atoms with van der Waals surface area (Å²) in [6.45, 7) is 7.35. The van der Waals surface area contributed by atoms with Crippen molar-refractivity contribution in [3.8, 4) is 0 Å². The molecular formula is C29H34F3N3O3. The van der Waals surface area contributed by atoms with Crippen molar-refractivity contribution in [3.63, 3.8) is 0 Å². The van der Waals surface area contributed by atoms with Gasteiger partial charge < -0.3 is 15.5 Å². The third-order valence-corrected chi connectivity index (χ3v) is 7.22. The maximum atomic E-state index is 14.2. The normalized spacial score (nSPS) is 21.0. The minimum atomic E-state index is -4.54. The third kappa shape index (κ3) is 5.71. The molecule has 1 aliphatic heterocycles. The summed E-state index contributed by atoms with van der Waals surface area (Å²) in [7, 11) is 0. The molecule has 0 spiro atoms. The molecule has 0 bridgehead atoms. The summed E-state index contributed by atoms with van der Waals surface area (Å²) in [5.41, 5.74) is 1.60. The number of rotatable bonds is 7. The molecule has 1 saturated heterocycles. The van der Waals surface area contributed by atoms with Gasteiger partial charge in [-0.15, -0.1) is 0 Å². The summed E-state index contributed by atoms with van der Waals surface area (Å²) >= 11 is 0. The third-order valence-electron chi connectivity index (χ3n) is 7.22. The van der Waals surface area contributed by atoms with E-state index >= 15 is 0 Å². The van der Waals surface area contributed by atoms with Crippen molar-refractivity contribution in [2.24, 2.45) is 11.8 Å². The molecule has 2 N–H and O–H groups in total. The molecule has 6 nitrogen and oxygen atoms in total. The van der Waals surface area contributed by atoms with Gasteiger partial charge in [-0.25, -0.2) is 0 Å². The fourth-order valence-corrected chi connectivity index (χ4v) is 5.53. The van der Waals surface area contributed by atoms with E-state index in [1.807, 2.05) is 38.1 Å². The Morgan fingerprint density at radius 1 is 1.00 bits per heavy atom. The summed E-state index contributed by atoms with van der Waals surface area (Å²) in [6, 6.07) is 8.81. The van der Waals surface area contributed by atoms with Crippen molar-refractivity contribution in [1.29, 1.82) is 0 Å². The van der Waals surface area contributed by atoms with Gasteiger partial charge in [0.05, 0.1) is 5.56 Å². The second-order valence-electron chi connectivity index (χ2n) is 11.0. The molecule has 1 heterocycles. The number of carbonyl (C=O) groups excluding carboxylic acids is 3. The highest BCUT2D eigenvalue weighted by Crippen LogP contribution is 2.36. The molecule has 0 radical (unpaired) electrons. The second kappa shape index (κ2) is 10.8. The molecule has 9 heteroatoms. The van der Waals surface area contributed by atoms with Crippen LogP contribution in [0.4, 0.5) is 13.2 Å². The number of amides is 3. The van der Waals surface area contributed by atoms with Gasteiger partial charge in [-0.3, -0.25) is 14.4 Å². The molecule has 2 aromatic rings. The average Bonchev–Trinajstić information content (AvgIpc) is 3.26. The van der Waals surface area contributed by atoms with Crippen LogP contribution in [0, 0.1) is 11.8 Å². The van der Waals surface area contributed by atoms with Gasteiger partial charge in [0.25, 0.3) is 0 Å². The van der Waals surface area contributed by atoms with Crippen LogP contribution in [0.1, 0.15) is 62.4 Å². The number of halogens is 3. The molecule has 1 unspecified atom stereocenters. The van der Waals surface area contributed by atoms with Gasteiger partial charge in [-0.1, -0.05) is 50.2 Å². The van der Waals surface area contributed by atoms with Crippen LogP contribution in [-0.2, 0) is 33.4 Å². The molecule has 3 amide bonds. The first-order valence-corrected chi connectivity index (χ1v) is 13.0. The van der Waals surface area contributed by atoms with Crippen LogP contribution in [0.3, 0.4) is 0 Å². The molecule has 1 fully saturated rings. The highest BCUT2D eigenvalue weighted by Gasteiger charge is 2.49. The van der Waals surface area contributed by atoms with Gasteiger partial charge >= 0.3 is 6.18 Å². The molecule has 4 rings (SSSR count). The predicted molar refractivity (Wildman–Crippen MR) is 137 cm³/mol. The number of fused-ring (bicyclic) bond motifs is 1. The van der Waals surface area contributed by atoms with Gasteiger partial charge in [0, 0.05) is 6.04 Å². The van der Waals surface area contributed by atoms with Gasteiger partial charge in [-0.2, -0.15) is 13.2 Å². The molecule has 2 aromatic carbocycles. The zero-order valence-electron chi connectivity index (χ0n) is 22.0. The van der Waals surface area contributed by atoms with Gasteiger partial charge in [0.2, 0.25) is 17.7 Å². The maximum absolute atomic E-state index is 14.2. The molecule has 2 aliphatic rings. The first kappa shape index (κ1) is 27.7. The Bertz CT molecular complexity index is 1170. The largest absolute Gasteiger partial charge is 0.416 e. The van der Waals surface area contributed by atoms with Crippen LogP contribution in [0.2, 0.25) is 0 Å². The minimum Gasteiger partial charge on any atom is -0.352 e. The highest BCUT2D eigenvalue weighted by molar-refractivity contribution is 6.00. The van der Waals surface area contributed by atoms with Gasteiger partial charge in [-0.05, 0) is 73.8 Å². The van der Waals surface area contributed by atoms with Crippen LogP contribution >= 0.6 is 0 Å². The Morgan fingerprint density at radius 3 is 2.08 bits per heavy atom. The molecule has 0 aromatic heterocycles. The number of nitrogens with one attached hydrogen (secondary N) is 2. The Kier molecular flexibility index (Phi) is 7.85. The number of alkyl halides is 3. The average molecular weight is 530 g/mol. The number of carbonyl (C=O) groups is 3. The Labute approximate surface area is 221 Å². The van der Waals surface area contributed by atoms with Crippen LogP contribution in [0.5, 0.6) is 0 Å². The standard InChI is InChI=1S/C29H34F3N3O3/c1-16(2)13-23-26(36)34-24(21-14-19-7-5-6-8-20(19)15-21)28(38)35(23)25(27(37)33-17(3)4)18-9-11-22(12-10-18)29(30,31)32/h5-12,16-17,21,23-25H,13-15H2,1-4H3,(H,33,37)(H,34,36)/t23-,24?,25-/m1/s1. The molecule has 1 aliphatic carbocycles. The zero-order valence-corrected chi connectivity index (χ0v) is 22.0. The van der Waals surface area contributed by atoms with E-state index in [0.717, 1.165) is 23.3 Å². The number of hydrogen-bond acceptors (Lipinski definition) is 3. The maximum Gasteiger partial charge on any atom is 0.416 e. The van der Waals surface area contributed by atoms with Crippen LogP contribution in [-0.4, -0.2) is 40.7 Å². The fourth-order valence-electron chi connectivity index (χ4n) is 5.53. The van der Waals surface area contributed by atoms with Crippen molar-refractivity contribution in [2.75, 3.05) is 0 Å². The van der Waals surface area contributed by atoms with E-state index in [-0.39, 0.29) is 29.3 Å². The monoisotopic (exact) mass is 529 g/mol. The molecular weight excluding hydrogens is 495 g/mol. The summed E-state index contributed by atoms with van der Waals surface area (Å²) < 4.78 is 39.8. The highest BCUT2D eigenvalue weighted by atomic mass is 19.4. The fraction of sp³-hybridized carbons (Fsp3) is 0.483. The first-order valence-electron chi connectivity index (χ1n) is 13.0. The van der Waals surface area contributed by atoms with Crippen molar-refractivity contribution in [1.82, 2.24) is 15.5 Å². The second-order valence-corrected chi connectivity index (χ2v) is 11.0. The summed E-state index contributed by atoms with van der Waals surface area (Å²) in [4.78, 5) is 42.6. The SMILES string of the molecule is CC(C)C[C@@H]1C(=O)NC(C2Cc3ccccc3C2)C(=O)N1[C@@H](C(=O)NC(C)C)c1ccc(C(F)(F)F)cc1. The Balaban J connectivity index is 1.76. The molecule has 38 heavy (non-hydrogen) atoms. The lowest BCUT2D eigenvalue weighted by molar-refractivity contribution is -0.158. The number of nitrogens with zero attached hydrogens (tertiary/aromatic N) is 1. The molecule has 3 atom stereocenters. The topological polar surface area (TPSA) is 78.5 Å². The van der Waals surface area contributed by atoms with Gasteiger partial charge in [0.1, 0.15) is 18.1 Å². The minimum absolute atomic E-state index is 0.0229. The Morgan fingerprint density at radius 2 is 1.58 bits per heavy atom. The Hall–Kier alpha value is -3.36. The molecule has 0 saturated carbocycles. The van der Waals surface area contributed by atoms with E-state index in [1.54, 1.807) is 13.8 Å². The number of benzene rings is 2. The lowest BCUT2D eigenvalue weighted by Gasteiger charge is -2.45. The molecule has 204 valence electrons. The van der Waals surface area contributed by atoms with E-state index in [0.29, 0.717) is 19.3 Å². The van der Waals surface area contributed by atoms with E-state index in [1.165, 1.54) is 17.0 Å². The summed E-state index contributed by atoms with van der Waals surface area (Å²) in [5, 5.41) is 5.74.